The molecule has 290 valence electrons. The summed E-state index contributed by atoms with van der Waals surface area (Å²) in [6.07, 6.45) is 0. The van der Waals surface area contributed by atoms with Crippen molar-refractivity contribution in [3.63, 3.8) is 0 Å². The Balaban J connectivity index is 1.02. The van der Waals surface area contributed by atoms with E-state index in [4.69, 9.17) is 14.6 Å². The largest absolute Gasteiger partial charge is 0.456 e. The van der Waals surface area contributed by atoms with Crippen LogP contribution in [0.15, 0.2) is 217 Å². The van der Waals surface area contributed by atoms with Crippen LogP contribution in [0.3, 0.4) is 0 Å². The Bertz CT molecular complexity index is 3870. The molecule has 0 aliphatic carbocycles. The first-order chi connectivity index (χ1) is 30.8. The minimum Gasteiger partial charge on any atom is -0.456 e. The van der Waals surface area contributed by atoms with Crippen molar-refractivity contribution in [2.75, 3.05) is 0 Å². The average molecular weight is 794 g/mol. The zero-order valence-electron chi connectivity index (χ0n) is 33.4. The van der Waals surface area contributed by atoms with E-state index < -0.39 is 0 Å². The molecule has 0 spiro atoms. The van der Waals surface area contributed by atoms with Crippen LogP contribution in [0.5, 0.6) is 0 Å². The van der Waals surface area contributed by atoms with E-state index in [1.54, 1.807) is 0 Å². The van der Waals surface area contributed by atoms with Gasteiger partial charge in [-0.05, 0) is 72.8 Å². The summed E-state index contributed by atoms with van der Waals surface area (Å²) in [6.45, 7) is 0. The maximum atomic E-state index is 6.40. The molecule has 0 amide bonds. The highest BCUT2D eigenvalue weighted by Gasteiger charge is 2.23. The fourth-order valence-corrected chi connectivity index (χ4v) is 9.68. The molecule has 0 atom stereocenters. The van der Waals surface area contributed by atoms with Crippen LogP contribution in [0, 0.1) is 0 Å². The zero-order chi connectivity index (χ0) is 40.7. The summed E-state index contributed by atoms with van der Waals surface area (Å²) in [5, 5.41) is 16.5. The van der Waals surface area contributed by atoms with Crippen molar-refractivity contribution in [2.24, 2.45) is 0 Å². The van der Waals surface area contributed by atoms with Crippen LogP contribution in [0.1, 0.15) is 0 Å². The molecule has 0 bridgehead atoms. The molecule has 9 aromatic carbocycles. The van der Waals surface area contributed by atoms with Crippen molar-refractivity contribution in [3.05, 3.63) is 212 Å². The Morgan fingerprint density at radius 2 is 0.823 bits per heavy atom. The molecule has 13 rings (SSSR count). The maximum absolute atomic E-state index is 6.40. The fourth-order valence-electron chi connectivity index (χ4n) is 9.68. The van der Waals surface area contributed by atoms with E-state index in [-0.39, 0.29) is 0 Å². The number of aromatic nitrogens is 5. The summed E-state index contributed by atoms with van der Waals surface area (Å²) < 4.78 is 13.4. The summed E-state index contributed by atoms with van der Waals surface area (Å²) in [5.41, 5.74) is 13.8. The van der Waals surface area contributed by atoms with E-state index in [1.807, 2.05) is 36.4 Å². The van der Waals surface area contributed by atoms with E-state index in [2.05, 4.69) is 190 Å². The second-order valence-corrected chi connectivity index (χ2v) is 15.8. The Kier molecular flexibility index (Phi) is 7.50. The van der Waals surface area contributed by atoms with Gasteiger partial charge in [-0.3, -0.25) is 4.57 Å². The van der Waals surface area contributed by atoms with E-state index in [0.717, 1.165) is 106 Å². The highest BCUT2D eigenvalue weighted by atomic mass is 16.3. The maximum Gasteiger partial charge on any atom is 0.168 e. The lowest BCUT2D eigenvalue weighted by Crippen LogP contribution is -2.01. The van der Waals surface area contributed by atoms with Gasteiger partial charge >= 0.3 is 0 Å². The molecule has 0 aliphatic rings. The van der Waals surface area contributed by atoms with Crippen LogP contribution in [0.2, 0.25) is 0 Å². The normalized spacial score (nSPS) is 11.9. The van der Waals surface area contributed by atoms with Crippen molar-refractivity contribution in [1.82, 2.24) is 23.9 Å². The van der Waals surface area contributed by atoms with Gasteiger partial charge in [0.25, 0.3) is 0 Å². The second kappa shape index (κ2) is 13.5. The Hall–Kier alpha value is -8.48. The van der Waals surface area contributed by atoms with Gasteiger partial charge in [-0.15, -0.1) is 10.2 Å². The highest BCUT2D eigenvalue weighted by molar-refractivity contribution is 6.17. The Morgan fingerprint density at radius 1 is 0.306 bits per heavy atom. The molecule has 0 saturated carbocycles. The predicted molar refractivity (Wildman–Crippen MR) is 254 cm³/mol. The summed E-state index contributed by atoms with van der Waals surface area (Å²) >= 11 is 0. The zero-order valence-corrected chi connectivity index (χ0v) is 33.4. The number of furan rings is 1. The van der Waals surface area contributed by atoms with Crippen molar-refractivity contribution >= 4 is 65.6 Å². The van der Waals surface area contributed by atoms with Crippen LogP contribution < -0.4 is 0 Å². The number of benzene rings is 9. The topological polar surface area (TPSA) is 53.7 Å². The van der Waals surface area contributed by atoms with Crippen molar-refractivity contribution in [2.45, 2.75) is 0 Å². The molecular weight excluding hydrogens is 759 g/mol. The van der Waals surface area contributed by atoms with Gasteiger partial charge in [-0.2, -0.15) is 0 Å². The lowest BCUT2D eigenvalue weighted by molar-refractivity contribution is 0.669. The molecule has 0 saturated heterocycles. The molecule has 4 aromatic heterocycles. The lowest BCUT2D eigenvalue weighted by Gasteiger charge is -2.18. The first kappa shape index (κ1) is 34.4. The molecule has 4 heterocycles. The highest BCUT2D eigenvalue weighted by Crippen LogP contribution is 2.43. The second-order valence-electron chi connectivity index (χ2n) is 15.8. The van der Waals surface area contributed by atoms with E-state index in [1.165, 1.54) is 10.8 Å². The first-order valence-corrected chi connectivity index (χ1v) is 20.9. The third kappa shape index (κ3) is 5.10. The number of hydrogen-bond donors (Lipinski definition) is 0. The van der Waals surface area contributed by atoms with Gasteiger partial charge in [0.15, 0.2) is 11.6 Å². The molecular formula is C56H35N5O. The van der Waals surface area contributed by atoms with Crippen LogP contribution in [0.4, 0.5) is 0 Å². The predicted octanol–water partition coefficient (Wildman–Crippen LogP) is 14.4. The van der Waals surface area contributed by atoms with Gasteiger partial charge in [0.2, 0.25) is 0 Å². The van der Waals surface area contributed by atoms with Gasteiger partial charge in [-0.1, -0.05) is 140 Å². The number of fused-ring (bicyclic) bond motifs is 9. The fraction of sp³-hybridized carbons (Fsp3) is 0. The summed E-state index contributed by atoms with van der Waals surface area (Å²) in [5.74, 6) is 1.59. The van der Waals surface area contributed by atoms with Crippen LogP contribution in [-0.4, -0.2) is 23.9 Å². The minimum absolute atomic E-state index is 0.787. The van der Waals surface area contributed by atoms with Crippen molar-refractivity contribution < 1.29 is 4.42 Å². The number of rotatable bonds is 6. The minimum atomic E-state index is 0.787. The smallest absolute Gasteiger partial charge is 0.168 e. The summed E-state index contributed by atoms with van der Waals surface area (Å²) in [4.78, 5) is 0. The van der Waals surface area contributed by atoms with E-state index >= 15 is 0 Å². The van der Waals surface area contributed by atoms with Gasteiger partial charge in [-0.25, -0.2) is 0 Å². The molecule has 0 fully saturated rings. The van der Waals surface area contributed by atoms with Gasteiger partial charge < -0.3 is 13.6 Å². The standard InChI is InChI=1S/C56H35N5O/c1-3-17-36(18-4-1)55-57-58-56(59(55)38-19-5-2-6-20-38)37-31-32-51-44(33-37)41-23-9-14-28-49(41)60(51)47-26-12-7-21-39(47)40-22-8-13-27-48(40)61-50-29-15-10-24-42(50)45-35-54-46(34-52(45)61)43-25-11-16-30-53(43)62-54/h1-35H. The van der Waals surface area contributed by atoms with Crippen LogP contribution in [-0.2, 0) is 0 Å². The number of para-hydroxylation sites is 6. The summed E-state index contributed by atoms with van der Waals surface area (Å²) in [7, 11) is 0. The van der Waals surface area contributed by atoms with Crippen LogP contribution in [0.25, 0.3) is 117 Å². The van der Waals surface area contributed by atoms with Crippen molar-refractivity contribution in [1.29, 1.82) is 0 Å². The SMILES string of the molecule is c1ccc(-c2nnc(-c3ccc4c(c3)c3ccccc3n4-c3ccccc3-c3ccccc3-n3c4ccccc4c4cc5oc6ccccc6c5cc43)n2-c2ccccc2)cc1. The number of hydrogen-bond acceptors (Lipinski definition) is 3. The molecule has 0 radical (unpaired) electrons. The molecule has 6 nitrogen and oxygen atoms in total. The first-order valence-electron chi connectivity index (χ1n) is 20.9. The lowest BCUT2D eigenvalue weighted by atomic mass is 10.0. The van der Waals surface area contributed by atoms with E-state index in [9.17, 15) is 0 Å². The van der Waals surface area contributed by atoms with Crippen molar-refractivity contribution in [3.8, 4) is 51.0 Å². The molecule has 6 heteroatoms. The van der Waals surface area contributed by atoms with Gasteiger partial charge in [0.05, 0.1) is 33.4 Å². The molecule has 0 N–H and O–H groups in total. The Labute approximate surface area is 355 Å². The molecule has 0 unspecified atom stereocenters. The molecule has 0 aliphatic heterocycles. The molecule has 13 aromatic rings. The quantitative estimate of drug-likeness (QED) is 0.168. The third-order valence-corrected chi connectivity index (χ3v) is 12.4. The van der Waals surface area contributed by atoms with Gasteiger partial charge in [0, 0.05) is 60.3 Å². The molecule has 62 heavy (non-hydrogen) atoms. The monoisotopic (exact) mass is 793 g/mol. The summed E-state index contributed by atoms with van der Waals surface area (Å²) in [6, 6.07) is 75.2. The Morgan fingerprint density at radius 3 is 1.52 bits per heavy atom. The van der Waals surface area contributed by atoms with Crippen LogP contribution >= 0.6 is 0 Å². The van der Waals surface area contributed by atoms with Gasteiger partial charge in [0.1, 0.15) is 11.2 Å². The average Bonchev–Trinajstić information content (AvgIpc) is 4.11. The number of nitrogens with zero attached hydrogens (tertiary/aromatic N) is 5. The van der Waals surface area contributed by atoms with E-state index in [0.29, 0.717) is 0 Å². The third-order valence-electron chi connectivity index (χ3n) is 12.4.